The molecule has 156 valence electrons. The fourth-order valence-electron chi connectivity index (χ4n) is 2.46. The summed E-state index contributed by atoms with van der Waals surface area (Å²) in [6, 6.07) is 14.0. The number of hydrogen-bond donors (Lipinski definition) is 5. The molecule has 0 aliphatic heterocycles. The SMILES string of the molecule is CNc1ccc(/C(C)=N/N=C(\N)NO)cc1.O=Cc1cc2cccc([N+](=O)[O-])c2[nH]1. The van der Waals surface area contributed by atoms with E-state index in [-0.39, 0.29) is 11.6 Å². The number of carbonyl (C=O) groups excluding carboxylic acids is 1. The van der Waals surface area contributed by atoms with Crippen LogP contribution in [-0.4, -0.2) is 40.1 Å². The van der Waals surface area contributed by atoms with Crippen molar-refractivity contribution in [1.29, 1.82) is 0 Å². The van der Waals surface area contributed by atoms with Crippen molar-refractivity contribution in [3.63, 3.8) is 0 Å². The molecule has 1 aromatic heterocycles. The Morgan fingerprint density at radius 3 is 2.50 bits per heavy atom. The Morgan fingerprint density at radius 2 is 1.93 bits per heavy atom. The Kier molecular flexibility index (Phi) is 7.60. The molecular formula is C19H21N7O4. The molecule has 3 aromatic rings. The van der Waals surface area contributed by atoms with Gasteiger partial charge < -0.3 is 16.0 Å². The van der Waals surface area contributed by atoms with E-state index in [4.69, 9.17) is 10.9 Å². The highest BCUT2D eigenvalue weighted by Gasteiger charge is 2.13. The fourth-order valence-corrected chi connectivity index (χ4v) is 2.46. The van der Waals surface area contributed by atoms with Gasteiger partial charge in [0, 0.05) is 24.2 Å². The smallest absolute Gasteiger partial charge is 0.293 e. The van der Waals surface area contributed by atoms with Gasteiger partial charge >= 0.3 is 0 Å². The Hall–Kier alpha value is -4.25. The maximum absolute atomic E-state index is 10.6. The quantitative estimate of drug-likeness (QED) is 0.141. The van der Waals surface area contributed by atoms with Gasteiger partial charge in [-0.2, -0.15) is 5.10 Å². The number of hydrogen-bond acceptors (Lipinski definition) is 7. The average Bonchev–Trinajstić information content (AvgIpc) is 3.21. The summed E-state index contributed by atoms with van der Waals surface area (Å²) < 4.78 is 0. The molecule has 0 atom stereocenters. The van der Waals surface area contributed by atoms with Crippen LogP contribution in [-0.2, 0) is 0 Å². The number of fused-ring (bicyclic) bond motifs is 1. The van der Waals surface area contributed by atoms with Crippen LogP contribution in [0.25, 0.3) is 10.9 Å². The highest BCUT2D eigenvalue weighted by Crippen LogP contribution is 2.24. The van der Waals surface area contributed by atoms with Gasteiger partial charge in [-0.15, -0.1) is 5.10 Å². The molecule has 0 saturated carbocycles. The van der Waals surface area contributed by atoms with Crippen LogP contribution in [0.3, 0.4) is 0 Å². The third kappa shape index (κ3) is 5.62. The first kappa shape index (κ1) is 22.0. The zero-order valence-corrected chi connectivity index (χ0v) is 16.3. The van der Waals surface area contributed by atoms with Gasteiger partial charge in [-0.05, 0) is 30.7 Å². The second-order valence-corrected chi connectivity index (χ2v) is 5.95. The number of nitrogens with one attached hydrogen (secondary N) is 3. The lowest BCUT2D eigenvalue weighted by Gasteiger charge is -2.02. The number of rotatable bonds is 5. The summed E-state index contributed by atoms with van der Waals surface area (Å²) in [5.74, 6) is -0.147. The van der Waals surface area contributed by atoms with Crippen molar-refractivity contribution >= 4 is 40.2 Å². The normalized spacial score (nSPS) is 11.4. The van der Waals surface area contributed by atoms with Gasteiger partial charge in [-0.3, -0.25) is 20.1 Å². The van der Waals surface area contributed by atoms with Crippen LogP contribution in [0.5, 0.6) is 0 Å². The molecule has 6 N–H and O–H groups in total. The number of aldehydes is 1. The molecule has 3 rings (SSSR count). The molecule has 0 aliphatic rings. The van der Waals surface area contributed by atoms with Gasteiger partial charge in [0.1, 0.15) is 5.52 Å². The molecule has 0 bridgehead atoms. The number of nitro benzene ring substituents is 1. The number of para-hydroxylation sites is 1. The number of aromatic amines is 1. The highest BCUT2D eigenvalue weighted by molar-refractivity contribution is 5.99. The number of hydroxylamine groups is 1. The van der Waals surface area contributed by atoms with Gasteiger partial charge in [0.2, 0.25) is 5.96 Å². The summed E-state index contributed by atoms with van der Waals surface area (Å²) in [6.07, 6.45) is 0.629. The molecule has 30 heavy (non-hydrogen) atoms. The second kappa shape index (κ2) is 10.3. The van der Waals surface area contributed by atoms with Crippen LogP contribution >= 0.6 is 0 Å². The van der Waals surface area contributed by atoms with Crippen molar-refractivity contribution < 1.29 is 14.9 Å². The number of anilines is 1. The van der Waals surface area contributed by atoms with E-state index in [0.29, 0.717) is 28.6 Å². The molecule has 0 fully saturated rings. The zero-order chi connectivity index (χ0) is 22.1. The summed E-state index contributed by atoms with van der Waals surface area (Å²) in [5.41, 5.74) is 10.3. The standard InChI is InChI=1S/C10H15N5O.C9H6N2O3/c1-7(13-14-10(11)15-16)8-3-5-9(12-2)6-4-8;12-5-7-4-6-2-1-3-8(11(13)14)9(6)10-7/h3-6,12,16H,1-2H3,(H3,11,14,15);1-5,10H/b13-7+;. The minimum absolute atomic E-state index is 0.0180. The first-order chi connectivity index (χ1) is 14.4. The van der Waals surface area contributed by atoms with Crippen molar-refractivity contribution in [1.82, 2.24) is 10.5 Å². The fraction of sp³-hybridized carbons (Fsp3) is 0.105. The molecule has 1 heterocycles. The first-order valence-electron chi connectivity index (χ1n) is 8.67. The minimum atomic E-state index is -0.479. The largest absolute Gasteiger partial charge is 0.388 e. The third-order valence-electron chi connectivity index (χ3n) is 3.99. The second-order valence-electron chi connectivity index (χ2n) is 5.95. The van der Waals surface area contributed by atoms with Crippen LogP contribution < -0.4 is 16.5 Å². The Labute approximate surface area is 171 Å². The molecular weight excluding hydrogens is 390 g/mol. The van der Waals surface area contributed by atoms with Crippen LogP contribution in [0.4, 0.5) is 11.4 Å². The van der Waals surface area contributed by atoms with Crippen molar-refractivity contribution in [3.8, 4) is 0 Å². The lowest BCUT2D eigenvalue weighted by molar-refractivity contribution is -0.383. The van der Waals surface area contributed by atoms with Gasteiger partial charge in [-0.25, -0.2) is 5.48 Å². The van der Waals surface area contributed by atoms with Crippen LogP contribution in [0.2, 0.25) is 0 Å². The number of aromatic nitrogens is 1. The summed E-state index contributed by atoms with van der Waals surface area (Å²) in [6.45, 7) is 1.81. The van der Waals surface area contributed by atoms with E-state index in [1.807, 2.05) is 38.2 Å². The molecule has 2 aromatic carbocycles. The molecule has 0 aliphatic carbocycles. The molecule has 11 nitrogen and oxygen atoms in total. The average molecular weight is 411 g/mol. The number of nitrogens with two attached hydrogens (primary N) is 1. The summed E-state index contributed by atoms with van der Waals surface area (Å²) in [5, 5.41) is 30.1. The number of carbonyl (C=O) groups is 1. The van der Waals surface area contributed by atoms with Crippen molar-refractivity contribution in [2.45, 2.75) is 6.92 Å². The van der Waals surface area contributed by atoms with Crippen molar-refractivity contribution in [2.24, 2.45) is 15.9 Å². The van der Waals surface area contributed by atoms with E-state index >= 15 is 0 Å². The van der Waals surface area contributed by atoms with Gasteiger partial charge in [0.05, 0.1) is 16.3 Å². The number of nitrogens with zero attached hydrogens (tertiary/aromatic N) is 3. The first-order valence-corrected chi connectivity index (χ1v) is 8.67. The molecule has 0 spiro atoms. The minimum Gasteiger partial charge on any atom is -0.388 e. The Bertz CT molecular complexity index is 1090. The van der Waals surface area contributed by atoms with Gasteiger partial charge in [0.25, 0.3) is 5.69 Å². The summed E-state index contributed by atoms with van der Waals surface area (Å²) in [7, 11) is 1.86. The predicted molar refractivity (Wildman–Crippen MR) is 115 cm³/mol. The van der Waals surface area contributed by atoms with Crippen molar-refractivity contribution in [2.75, 3.05) is 12.4 Å². The van der Waals surface area contributed by atoms with Crippen molar-refractivity contribution in [3.05, 3.63) is 69.9 Å². The van der Waals surface area contributed by atoms with Crippen LogP contribution in [0, 0.1) is 10.1 Å². The maximum atomic E-state index is 10.6. The zero-order valence-electron chi connectivity index (χ0n) is 16.3. The van der Waals surface area contributed by atoms with E-state index in [9.17, 15) is 14.9 Å². The van der Waals surface area contributed by atoms with Gasteiger partial charge in [-0.1, -0.05) is 24.3 Å². The topological polar surface area (TPSA) is 171 Å². The number of benzene rings is 2. The van der Waals surface area contributed by atoms with Crippen LogP contribution in [0.1, 0.15) is 23.0 Å². The number of H-pyrrole nitrogens is 1. The Balaban J connectivity index is 0.000000215. The number of nitro groups is 1. The predicted octanol–water partition coefficient (Wildman–Crippen LogP) is 2.63. The summed E-state index contributed by atoms with van der Waals surface area (Å²) >= 11 is 0. The van der Waals surface area contributed by atoms with E-state index in [2.05, 4.69) is 20.5 Å². The highest BCUT2D eigenvalue weighted by atomic mass is 16.6. The lowest BCUT2D eigenvalue weighted by atomic mass is 10.1. The molecule has 11 heteroatoms. The summed E-state index contributed by atoms with van der Waals surface area (Å²) in [4.78, 5) is 23.3. The lowest BCUT2D eigenvalue weighted by Crippen LogP contribution is -2.27. The third-order valence-corrected chi connectivity index (χ3v) is 3.99. The molecule has 0 saturated heterocycles. The molecule has 0 unspecified atom stereocenters. The molecule has 0 radical (unpaired) electrons. The van der Waals surface area contributed by atoms with Gasteiger partial charge in [0.15, 0.2) is 6.29 Å². The molecule has 0 amide bonds. The van der Waals surface area contributed by atoms with Crippen LogP contribution in [0.15, 0.2) is 58.7 Å². The van der Waals surface area contributed by atoms with E-state index < -0.39 is 4.92 Å². The van der Waals surface area contributed by atoms with E-state index in [1.165, 1.54) is 6.07 Å². The number of guanidine groups is 1. The van der Waals surface area contributed by atoms with E-state index in [0.717, 1.165) is 11.3 Å². The Morgan fingerprint density at radius 1 is 1.23 bits per heavy atom. The number of non-ortho nitro benzene ring substituents is 1. The van der Waals surface area contributed by atoms with E-state index in [1.54, 1.807) is 23.7 Å². The maximum Gasteiger partial charge on any atom is 0.293 e. The monoisotopic (exact) mass is 411 g/mol.